The van der Waals surface area contributed by atoms with Crippen LogP contribution in [0.25, 0.3) is 0 Å². The van der Waals surface area contributed by atoms with Gasteiger partial charge in [0.2, 0.25) is 5.91 Å². The highest BCUT2D eigenvalue weighted by Crippen LogP contribution is 2.26. The van der Waals surface area contributed by atoms with Gasteiger partial charge in [-0.05, 0) is 47.7 Å². The van der Waals surface area contributed by atoms with Crippen LogP contribution in [0.1, 0.15) is 37.4 Å². The standard InChI is InChI=1S/C21H25Cl2NO2S/c1-14(2)10-20(15-5-8-18(26-3)9-6-15)24-21(25)13-27-12-16-4-7-17(22)11-19(16)23/h4-9,11,14,20H,10,12-13H2,1-3H3,(H,24,25). The summed E-state index contributed by atoms with van der Waals surface area (Å²) in [4.78, 5) is 12.4. The molecule has 1 unspecified atom stereocenters. The van der Waals surface area contributed by atoms with E-state index in [1.165, 1.54) is 11.8 Å². The summed E-state index contributed by atoms with van der Waals surface area (Å²) in [5.41, 5.74) is 2.07. The summed E-state index contributed by atoms with van der Waals surface area (Å²) in [6, 6.07) is 13.3. The Morgan fingerprint density at radius 2 is 1.85 bits per heavy atom. The number of hydrogen-bond donors (Lipinski definition) is 1. The van der Waals surface area contributed by atoms with Gasteiger partial charge in [-0.2, -0.15) is 0 Å². The van der Waals surface area contributed by atoms with Gasteiger partial charge in [0, 0.05) is 15.8 Å². The molecule has 0 aliphatic carbocycles. The molecule has 0 aromatic heterocycles. The zero-order valence-electron chi connectivity index (χ0n) is 15.8. The third-order valence-electron chi connectivity index (χ3n) is 4.07. The Kier molecular flexibility index (Phi) is 8.81. The number of nitrogens with one attached hydrogen (secondary N) is 1. The first-order valence-corrected chi connectivity index (χ1v) is 10.7. The van der Waals surface area contributed by atoms with Gasteiger partial charge in [0.05, 0.1) is 18.9 Å². The number of ether oxygens (including phenoxy) is 1. The Labute approximate surface area is 175 Å². The minimum absolute atomic E-state index is 0.0110. The lowest BCUT2D eigenvalue weighted by atomic mass is 9.97. The van der Waals surface area contributed by atoms with Crippen LogP contribution in [0.2, 0.25) is 10.0 Å². The number of amides is 1. The van der Waals surface area contributed by atoms with Gasteiger partial charge in [-0.15, -0.1) is 11.8 Å². The quantitative estimate of drug-likeness (QED) is 0.524. The van der Waals surface area contributed by atoms with Gasteiger partial charge in [0.25, 0.3) is 0 Å². The average Bonchev–Trinajstić information content (AvgIpc) is 2.62. The lowest BCUT2D eigenvalue weighted by molar-refractivity contribution is -0.119. The molecule has 0 saturated heterocycles. The summed E-state index contributed by atoms with van der Waals surface area (Å²) >= 11 is 13.6. The molecular formula is C21H25Cl2NO2S. The normalized spacial score (nSPS) is 12.1. The second-order valence-electron chi connectivity index (χ2n) is 6.75. The van der Waals surface area contributed by atoms with E-state index in [9.17, 15) is 4.79 Å². The zero-order valence-corrected chi connectivity index (χ0v) is 18.1. The largest absolute Gasteiger partial charge is 0.497 e. The van der Waals surface area contributed by atoms with Crippen LogP contribution in [-0.4, -0.2) is 18.8 Å². The van der Waals surface area contributed by atoms with Crippen LogP contribution < -0.4 is 10.1 Å². The third kappa shape index (κ3) is 7.28. The maximum absolute atomic E-state index is 12.4. The first kappa shape index (κ1) is 21.9. The molecule has 1 amide bonds. The third-order valence-corrected chi connectivity index (χ3v) is 5.63. The Morgan fingerprint density at radius 3 is 2.44 bits per heavy atom. The lowest BCUT2D eigenvalue weighted by Crippen LogP contribution is -2.30. The minimum Gasteiger partial charge on any atom is -0.497 e. The van der Waals surface area contributed by atoms with Crippen molar-refractivity contribution in [2.75, 3.05) is 12.9 Å². The fourth-order valence-corrected chi connectivity index (χ4v) is 4.11. The predicted octanol–water partition coefficient (Wildman–Crippen LogP) is 6.14. The Bertz CT molecular complexity index is 750. The molecular weight excluding hydrogens is 401 g/mol. The minimum atomic E-state index is -0.0110. The van der Waals surface area contributed by atoms with Gasteiger partial charge >= 0.3 is 0 Å². The van der Waals surface area contributed by atoms with Crippen LogP contribution in [0.15, 0.2) is 42.5 Å². The summed E-state index contributed by atoms with van der Waals surface area (Å²) < 4.78 is 5.21. The van der Waals surface area contributed by atoms with Crippen molar-refractivity contribution >= 4 is 40.9 Å². The zero-order chi connectivity index (χ0) is 19.8. The monoisotopic (exact) mass is 425 g/mol. The SMILES string of the molecule is COc1ccc(C(CC(C)C)NC(=O)CSCc2ccc(Cl)cc2Cl)cc1. The second kappa shape index (κ2) is 10.8. The van der Waals surface area contributed by atoms with E-state index >= 15 is 0 Å². The van der Waals surface area contributed by atoms with E-state index < -0.39 is 0 Å². The second-order valence-corrected chi connectivity index (χ2v) is 8.58. The molecule has 0 radical (unpaired) electrons. The van der Waals surface area contributed by atoms with E-state index in [1.807, 2.05) is 36.4 Å². The summed E-state index contributed by atoms with van der Waals surface area (Å²) in [5.74, 6) is 2.35. The van der Waals surface area contributed by atoms with Crippen molar-refractivity contribution in [3.05, 3.63) is 63.6 Å². The molecule has 0 aliphatic heterocycles. The van der Waals surface area contributed by atoms with E-state index in [0.29, 0.717) is 27.5 Å². The number of rotatable bonds is 9. The van der Waals surface area contributed by atoms with Crippen LogP contribution in [-0.2, 0) is 10.5 Å². The lowest BCUT2D eigenvalue weighted by Gasteiger charge is -2.21. The highest BCUT2D eigenvalue weighted by molar-refractivity contribution is 7.99. The van der Waals surface area contributed by atoms with Crippen LogP contribution >= 0.6 is 35.0 Å². The van der Waals surface area contributed by atoms with Crippen molar-refractivity contribution in [1.82, 2.24) is 5.32 Å². The van der Waals surface area contributed by atoms with Crippen LogP contribution in [0, 0.1) is 5.92 Å². The topological polar surface area (TPSA) is 38.3 Å². The maximum atomic E-state index is 12.4. The van der Waals surface area contributed by atoms with E-state index in [4.69, 9.17) is 27.9 Å². The molecule has 27 heavy (non-hydrogen) atoms. The van der Waals surface area contributed by atoms with E-state index in [0.717, 1.165) is 23.3 Å². The van der Waals surface area contributed by atoms with Crippen molar-refractivity contribution in [2.24, 2.45) is 5.92 Å². The first-order valence-electron chi connectivity index (χ1n) is 8.84. The molecule has 2 aromatic rings. The first-order chi connectivity index (χ1) is 12.9. The maximum Gasteiger partial charge on any atom is 0.230 e. The smallest absolute Gasteiger partial charge is 0.230 e. The molecule has 0 aliphatic rings. The molecule has 0 spiro atoms. The number of thioether (sulfide) groups is 1. The van der Waals surface area contributed by atoms with Gasteiger partial charge in [0.1, 0.15) is 5.75 Å². The number of methoxy groups -OCH3 is 1. The highest BCUT2D eigenvalue weighted by Gasteiger charge is 2.16. The van der Waals surface area contributed by atoms with Gasteiger partial charge in [-0.1, -0.05) is 55.2 Å². The van der Waals surface area contributed by atoms with Crippen molar-refractivity contribution in [3.8, 4) is 5.75 Å². The number of hydrogen-bond acceptors (Lipinski definition) is 3. The van der Waals surface area contributed by atoms with Crippen molar-refractivity contribution in [1.29, 1.82) is 0 Å². The Hall–Kier alpha value is -1.36. The average molecular weight is 426 g/mol. The Morgan fingerprint density at radius 1 is 1.15 bits per heavy atom. The number of halogens is 2. The van der Waals surface area contributed by atoms with Gasteiger partial charge in [-0.3, -0.25) is 4.79 Å². The number of carbonyl (C=O) groups is 1. The molecule has 0 heterocycles. The van der Waals surface area contributed by atoms with Gasteiger partial charge in [-0.25, -0.2) is 0 Å². The van der Waals surface area contributed by atoms with Crippen molar-refractivity contribution < 1.29 is 9.53 Å². The van der Waals surface area contributed by atoms with Crippen molar-refractivity contribution in [3.63, 3.8) is 0 Å². The van der Waals surface area contributed by atoms with Gasteiger partial charge < -0.3 is 10.1 Å². The molecule has 0 saturated carbocycles. The molecule has 2 aromatic carbocycles. The molecule has 146 valence electrons. The van der Waals surface area contributed by atoms with E-state index in [2.05, 4.69) is 19.2 Å². The molecule has 1 N–H and O–H groups in total. The molecule has 1 atom stereocenters. The fourth-order valence-electron chi connectivity index (χ4n) is 2.71. The van der Waals surface area contributed by atoms with Crippen LogP contribution in [0.5, 0.6) is 5.75 Å². The van der Waals surface area contributed by atoms with Crippen molar-refractivity contribution in [2.45, 2.75) is 32.1 Å². The summed E-state index contributed by atoms with van der Waals surface area (Å²) in [6.07, 6.45) is 0.881. The van der Waals surface area contributed by atoms with E-state index in [1.54, 1.807) is 13.2 Å². The number of carbonyl (C=O) groups excluding carboxylic acids is 1. The molecule has 0 bridgehead atoms. The number of benzene rings is 2. The van der Waals surface area contributed by atoms with Crippen LogP contribution in [0.3, 0.4) is 0 Å². The molecule has 3 nitrogen and oxygen atoms in total. The van der Waals surface area contributed by atoms with E-state index in [-0.39, 0.29) is 11.9 Å². The summed E-state index contributed by atoms with van der Waals surface area (Å²) in [6.45, 7) is 4.31. The fraction of sp³-hybridized carbons (Fsp3) is 0.381. The summed E-state index contributed by atoms with van der Waals surface area (Å²) in [5, 5.41) is 4.40. The van der Waals surface area contributed by atoms with Crippen LogP contribution in [0.4, 0.5) is 0 Å². The molecule has 0 fully saturated rings. The predicted molar refractivity (Wildman–Crippen MR) is 116 cm³/mol. The highest BCUT2D eigenvalue weighted by atomic mass is 35.5. The molecule has 2 rings (SSSR count). The Balaban J connectivity index is 1.92. The molecule has 6 heteroatoms. The summed E-state index contributed by atoms with van der Waals surface area (Å²) in [7, 11) is 1.65. The van der Waals surface area contributed by atoms with Gasteiger partial charge in [0.15, 0.2) is 0 Å².